The van der Waals surface area contributed by atoms with Gasteiger partial charge in [0.2, 0.25) is 0 Å². The maximum atomic E-state index is 14.6. The summed E-state index contributed by atoms with van der Waals surface area (Å²) in [6.07, 6.45) is 5.20. The molecule has 0 spiro atoms. The Kier molecular flexibility index (Phi) is 6.53. The Labute approximate surface area is 195 Å². The molecule has 1 saturated heterocycles. The maximum absolute atomic E-state index is 14.6. The number of thiocarbonyl (C=S) groups is 1. The van der Waals surface area contributed by atoms with E-state index in [1.807, 2.05) is 36.5 Å². The lowest BCUT2D eigenvalue weighted by atomic mass is 10.1. The van der Waals surface area contributed by atoms with Crippen molar-refractivity contribution in [2.45, 2.75) is 6.92 Å². The summed E-state index contributed by atoms with van der Waals surface area (Å²) < 4.78 is 22.1. The van der Waals surface area contributed by atoms with Gasteiger partial charge >= 0.3 is 0 Å². The molecule has 1 fully saturated rings. The second kappa shape index (κ2) is 9.50. The number of ether oxygens (including phenoxy) is 1. The second-order valence-electron chi connectivity index (χ2n) is 6.87. The van der Waals surface area contributed by atoms with Crippen molar-refractivity contribution in [1.29, 1.82) is 0 Å². The maximum Gasteiger partial charge on any atom is 0.266 e. The normalized spacial score (nSPS) is 14.9. The van der Waals surface area contributed by atoms with E-state index < -0.39 is 5.82 Å². The van der Waals surface area contributed by atoms with Crippen molar-refractivity contribution in [3.05, 3.63) is 83.7 Å². The Morgan fingerprint density at radius 2 is 2.03 bits per heavy atom. The zero-order valence-corrected chi connectivity index (χ0v) is 19.0. The molecule has 8 heteroatoms. The van der Waals surface area contributed by atoms with Crippen molar-refractivity contribution in [3.63, 3.8) is 0 Å². The first-order chi connectivity index (χ1) is 15.5. The number of para-hydroxylation sites is 1. The summed E-state index contributed by atoms with van der Waals surface area (Å²) in [5, 5.41) is 4.69. The lowest BCUT2D eigenvalue weighted by molar-refractivity contribution is -0.121. The molecule has 0 radical (unpaired) electrons. The largest absolute Gasteiger partial charge is 0.491 e. The van der Waals surface area contributed by atoms with Gasteiger partial charge in [-0.15, -0.1) is 6.58 Å². The van der Waals surface area contributed by atoms with Gasteiger partial charge in [0.05, 0.1) is 17.2 Å². The van der Waals surface area contributed by atoms with Gasteiger partial charge in [-0.1, -0.05) is 48.3 Å². The van der Waals surface area contributed by atoms with E-state index in [4.69, 9.17) is 22.1 Å². The number of rotatable bonds is 7. The SMILES string of the molecule is C=CCN1C(=O)C(=Cc2cn(-c3ccccc3)nc2-c2ccc(OCC)c(F)c2)SC1=S. The number of thioether (sulfide) groups is 1. The van der Waals surface area contributed by atoms with E-state index in [0.717, 1.165) is 5.69 Å². The van der Waals surface area contributed by atoms with Crippen LogP contribution in [-0.2, 0) is 4.79 Å². The molecule has 0 unspecified atom stereocenters. The summed E-state index contributed by atoms with van der Waals surface area (Å²) in [7, 11) is 0. The smallest absolute Gasteiger partial charge is 0.266 e. The average molecular weight is 466 g/mol. The summed E-state index contributed by atoms with van der Waals surface area (Å²) in [6, 6.07) is 14.3. The van der Waals surface area contributed by atoms with Crippen molar-refractivity contribution in [2.75, 3.05) is 13.2 Å². The van der Waals surface area contributed by atoms with Gasteiger partial charge in [0.15, 0.2) is 11.6 Å². The molecule has 2 aromatic carbocycles. The standard InChI is InChI=1S/C24H20FN3O2S2/c1-3-12-27-23(29)21(32-24(27)31)14-17-15-28(18-8-6-5-7-9-18)26-22(17)16-10-11-20(30-4-2)19(25)13-16/h3,5-11,13-15H,1,4,12H2,2H3. The number of carbonyl (C=O) groups excluding carboxylic acids is 1. The average Bonchev–Trinajstić information content (AvgIpc) is 3.33. The third kappa shape index (κ3) is 4.37. The van der Waals surface area contributed by atoms with Crippen molar-refractivity contribution in [1.82, 2.24) is 14.7 Å². The molecule has 32 heavy (non-hydrogen) atoms. The minimum atomic E-state index is -0.470. The van der Waals surface area contributed by atoms with Crippen LogP contribution < -0.4 is 4.74 Å². The number of hydrogen-bond donors (Lipinski definition) is 0. The van der Waals surface area contributed by atoms with E-state index in [0.29, 0.717) is 39.2 Å². The number of halogens is 1. The van der Waals surface area contributed by atoms with Gasteiger partial charge in [0, 0.05) is 23.9 Å². The molecule has 0 aliphatic carbocycles. The van der Waals surface area contributed by atoms with E-state index >= 15 is 0 Å². The van der Waals surface area contributed by atoms with E-state index in [-0.39, 0.29) is 11.7 Å². The number of amides is 1. The van der Waals surface area contributed by atoms with Gasteiger partial charge in [-0.05, 0) is 43.3 Å². The quantitative estimate of drug-likeness (QED) is 0.263. The topological polar surface area (TPSA) is 47.4 Å². The monoisotopic (exact) mass is 465 g/mol. The highest BCUT2D eigenvalue weighted by molar-refractivity contribution is 8.26. The minimum Gasteiger partial charge on any atom is -0.491 e. The van der Waals surface area contributed by atoms with Crippen LogP contribution in [0.25, 0.3) is 23.0 Å². The highest BCUT2D eigenvalue weighted by atomic mass is 32.2. The minimum absolute atomic E-state index is 0.184. The lowest BCUT2D eigenvalue weighted by Gasteiger charge is -2.10. The van der Waals surface area contributed by atoms with Crippen LogP contribution in [0.3, 0.4) is 0 Å². The Morgan fingerprint density at radius 3 is 2.72 bits per heavy atom. The molecular formula is C24H20FN3O2S2. The highest BCUT2D eigenvalue weighted by Gasteiger charge is 2.31. The van der Waals surface area contributed by atoms with E-state index in [9.17, 15) is 9.18 Å². The van der Waals surface area contributed by atoms with Gasteiger partial charge in [0.25, 0.3) is 5.91 Å². The van der Waals surface area contributed by atoms with Gasteiger partial charge in [-0.25, -0.2) is 9.07 Å². The summed E-state index contributed by atoms with van der Waals surface area (Å²) in [5.74, 6) is -0.469. The summed E-state index contributed by atoms with van der Waals surface area (Å²) in [6.45, 7) is 6.20. The molecule has 1 aliphatic rings. The van der Waals surface area contributed by atoms with Crippen LogP contribution in [-0.4, -0.2) is 38.1 Å². The highest BCUT2D eigenvalue weighted by Crippen LogP contribution is 2.35. The molecule has 162 valence electrons. The Balaban J connectivity index is 1.80. The third-order valence-corrected chi connectivity index (χ3v) is 6.12. The molecule has 3 aromatic rings. The van der Waals surface area contributed by atoms with Crippen molar-refractivity contribution >= 4 is 40.3 Å². The molecule has 0 saturated carbocycles. The predicted octanol–water partition coefficient (Wildman–Crippen LogP) is 5.46. The molecule has 1 aliphatic heterocycles. The predicted molar refractivity (Wildman–Crippen MR) is 130 cm³/mol. The van der Waals surface area contributed by atoms with Crippen LogP contribution >= 0.6 is 24.0 Å². The molecule has 0 atom stereocenters. The molecule has 5 nitrogen and oxygen atoms in total. The first kappa shape index (κ1) is 22.0. The van der Waals surface area contributed by atoms with Crippen LogP contribution in [0.15, 0.2) is 72.3 Å². The van der Waals surface area contributed by atoms with Crippen LogP contribution in [0.2, 0.25) is 0 Å². The molecule has 2 heterocycles. The molecule has 4 rings (SSSR count). The van der Waals surface area contributed by atoms with Gasteiger partial charge in [-0.3, -0.25) is 9.69 Å². The van der Waals surface area contributed by atoms with Gasteiger partial charge in [0.1, 0.15) is 10.0 Å². The Hall–Kier alpha value is -3.23. The van der Waals surface area contributed by atoms with Crippen molar-refractivity contribution < 1.29 is 13.9 Å². The third-order valence-electron chi connectivity index (χ3n) is 4.74. The molecule has 0 bridgehead atoms. The lowest BCUT2D eigenvalue weighted by Crippen LogP contribution is -2.27. The van der Waals surface area contributed by atoms with Crippen LogP contribution in [0, 0.1) is 5.82 Å². The summed E-state index contributed by atoms with van der Waals surface area (Å²) >= 11 is 6.56. The van der Waals surface area contributed by atoms with Crippen LogP contribution in [0.5, 0.6) is 5.75 Å². The Bertz CT molecular complexity index is 1220. The molecule has 0 N–H and O–H groups in total. The van der Waals surface area contributed by atoms with Crippen LogP contribution in [0.4, 0.5) is 4.39 Å². The summed E-state index contributed by atoms with van der Waals surface area (Å²) in [5.41, 5.74) is 2.65. The number of nitrogens with zero attached hydrogens (tertiary/aromatic N) is 3. The number of aromatic nitrogens is 2. The van der Waals surface area contributed by atoms with Gasteiger partial charge < -0.3 is 4.74 Å². The van der Waals surface area contributed by atoms with E-state index in [1.54, 1.807) is 35.9 Å². The van der Waals surface area contributed by atoms with Crippen LogP contribution in [0.1, 0.15) is 12.5 Å². The van der Waals surface area contributed by atoms with E-state index in [1.165, 1.54) is 22.7 Å². The fraction of sp³-hybridized carbons (Fsp3) is 0.125. The number of carbonyl (C=O) groups is 1. The Morgan fingerprint density at radius 1 is 1.25 bits per heavy atom. The number of benzene rings is 2. The molecule has 1 aromatic heterocycles. The first-order valence-corrected chi connectivity index (χ1v) is 11.2. The summed E-state index contributed by atoms with van der Waals surface area (Å²) in [4.78, 5) is 14.8. The van der Waals surface area contributed by atoms with Crippen molar-refractivity contribution in [2.24, 2.45) is 0 Å². The van der Waals surface area contributed by atoms with E-state index in [2.05, 4.69) is 6.58 Å². The fourth-order valence-electron chi connectivity index (χ4n) is 3.28. The zero-order chi connectivity index (χ0) is 22.7. The molecule has 1 amide bonds. The zero-order valence-electron chi connectivity index (χ0n) is 17.3. The molecular weight excluding hydrogens is 445 g/mol. The fourth-order valence-corrected chi connectivity index (χ4v) is 4.54. The second-order valence-corrected chi connectivity index (χ2v) is 8.55. The first-order valence-electron chi connectivity index (χ1n) is 9.96. The van der Waals surface area contributed by atoms with Crippen molar-refractivity contribution in [3.8, 4) is 22.7 Å². The number of hydrogen-bond acceptors (Lipinski definition) is 5. The van der Waals surface area contributed by atoms with Gasteiger partial charge in [-0.2, -0.15) is 5.10 Å².